The van der Waals surface area contributed by atoms with Crippen LogP contribution in [0, 0.1) is 5.41 Å². The zero-order valence-electron chi connectivity index (χ0n) is 12.9. The van der Waals surface area contributed by atoms with Gasteiger partial charge in [-0.15, -0.1) is 0 Å². The number of unbranched alkanes of at least 4 members (excludes halogenated alkanes) is 6. The highest BCUT2D eigenvalue weighted by atomic mass is 35.5. The van der Waals surface area contributed by atoms with E-state index in [1.54, 1.807) is 0 Å². The zero-order chi connectivity index (χ0) is 15.4. The molecule has 0 saturated heterocycles. The highest BCUT2D eigenvalue weighted by Gasteiger charge is 2.32. The summed E-state index contributed by atoms with van der Waals surface area (Å²) in [4.78, 5) is 22.1. The van der Waals surface area contributed by atoms with Gasteiger partial charge in [0.25, 0.3) is 0 Å². The Labute approximate surface area is 133 Å². The van der Waals surface area contributed by atoms with Gasteiger partial charge in [-0.1, -0.05) is 52.4 Å². The molecule has 0 radical (unpaired) electrons. The van der Waals surface area contributed by atoms with Crippen molar-refractivity contribution in [3.8, 4) is 0 Å². The normalized spacial score (nSPS) is 11.6. The minimum Gasteiger partial charge on any atom is -0.281 e. The second-order valence-corrected chi connectivity index (χ2v) is 6.36. The molecule has 0 aromatic rings. The van der Waals surface area contributed by atoms with Crippen LogP contribution in [-0.4, -0.2) is 10.5 Å². The Balaban J connectivity index is 3.60. The molecule has 0 N–H and O–H groups in total. The van der Waals surface area contributed by atoms with E-state index in [0.29, 0.717) is 6.42 Å². The molecular formula is C16H28Cl2O2. The third-order valence-corrected chi connectivity index (χ3v) is 4.89. The quantitative estimate of drug-likeness (QED) is 0.315. The molecule has 0 aromatic carbocycles. The molecule has 0 spiro atoms. The van der Waals surface area contributed by atoms with Crippen molar-refractivity contribution >= 4 is 33.7 Å². The molecule has 0 aliphatic heterocycles. The predicted octanol–water partition coefficient (Wildman–Crippen LogP) is 5.83. The van der Waals surface area contributed by atoms with Crippen LogP contribution in [0.1, 0.15) is 84.5 Å². The van der Waals surface area contributed by atoms with Crippen molar-refractivity contribution in [3.05, 3.63) is 0 Å². The minimum atomic E-state index is -0.303. The van der Waals surface area contributed by atoms with E-state index in [1.165, 1.54) is 12.8 Å². The largest absolute Gasteiger partial charge is 0.281 e. The van der Waals surface area contributed by atoms with Gasteiger partial charge in [0.1, 0.15) is 0 Å². The Morgan fingerprint density at radius 3 is 1.65 bits per heavy atom. The average molecular weight is 323 g/mol. The fraction of sp³-hybridized carbons (Fsp3) is 0.875. The summed E-state index contributed by atoms with van der Waals surface area (Å²) >= 11 is 11.0. The highest BCUT2D eigenvalue weighted by Crippen LogP contribution is 2.35. The third-order valence-electron chi connectivity index (χ3n) is 4.30. The van der Waals surface area contributed by atoms with Crippen LogP contribution in [0.2, 0.25) is 0 Å². The van der Waals surface area contributed by atoms with Crippen LogP contribution < -0.4 is 0 Å². The average Bonchev–Trinajstić information content (AvgIpc) is 2.41. The van der Waals surface area contributed by atoms with Crippen molar-refractivity contribution < 1.29 is 9.59 Å². The number of rotatable bonds is 13. The summed E-state index contributed by atoms with van der Waals surface area (Å²) in [7, 11) is 0. The van der Waals surface area contributed by atoms with Crippen molar-refractivity contribution in [2.24, 2.45) is 5.41 Å². The topological polar surface area (TPSA) is 34.1 Å². The van der Waals surface area contributed by atoms with Gasteiger partial charge in [-0.3, -0.25) is 9.59 Å². The molecule has 0 atom stereocenters. The molecule has 0 rings (SSSR count). The molecule has 0 aliphatic rings. The van der Waals surface area contributed by atoms with Crippen molar-refractivity contribution in [2.45, 2.75) is 84.5 Å². The zero-order valence-corrected chi connectivity index (χ0v) is 14.4. The van der Waals surface area contributed by atoms with Gasteiger partial charge in [-0.05, 0) is 48.9 Å². The minimum absolute atomic E-state index is 0.173. The molecule has 0 bridgehead atoms. The maximum absolute atomic E-state index is 11.5. The summed E-state index contributed by atoms with van der Waals surface area (Å²) in [5, 5.41) is -0.403. The lowest BCUT2D eigenvalue weighted by Crippen LogP contribution is -2.26. The van der Waals surface area contributed by atoms with Gasteiger partial charge in [0.05, 0.1) is 0 Å². The molecule has 0 aliphatic carbocycles. The van der Waals surface area contributed by atoms with Gasteiger partial charge in [0, 0.05) is 11.8 Å². The second kappa shape index (κ2) is 11.6. The number of halogens is 2. The van der Waals surface area contributed by atoms with Crippen LogP contribution in [-0.2, 0) is 9.59 Å². The molecular weight excluding hydrogens is 295 g/mol. The smallest absolute Gasteiger partial charge is 0.227 e. The SMILES string of the molecule is CCC(CC)(CCCCCCCCCC(=O)Cl)C(=O)Cl. The molecule has 0 aromatic heterocycles. The fourth-order valence-electron chi connectivity index (χ4n) is 2.59. The summed E-state index contributed by atoms with van der Waals surface area (Å²) in [5.74, 6) is 0. The lowest BCUT2D eigenvalue weighted by molar-refractivity contribution is -0.121. The van der Waals surface area contributed by atoms with E-state index < -0.39 is 0 Å². The lowest BCUT2D eigenvalue weighted by Gasteiger charge is -2.27. The third kappa shape index (κ3) is 8.26. The van der Waals surface area contributed by atoms with Crippen molar-refractivity contribution in [1.82, 2.24) is 0 Å². The Morgan fingerprint density at radius 2 is 1.25 bits per heavy atom. The van der Waals surface area contributed by atoms with Gasteiger partial charge in [0.15, 0.2) is 0 Å². The van der Waals surface area contributed by atoms with Gasteiger partial charge in [-0.25, -0.2) is 0 Å². The summed E-state index contributed by atoms with van der Waals surface area (Å²) < 4.78 is 0. The Hall–Kier alpha value is -0.0800. The van der Waals surface area contributed by atoms with Gasteiger partial charge in [0.2, 0.25) is 10.5 Å². The second-order valence-electron chi connectivity index (χ2n) is 5.59. The summed E-state index contributed by atoms with van der Waals surface area (Å²) in [5.41, 5.74) is -0.303. The molecule has 0 heterocycles. The molecule has 0 unspecified atom stereocenters. The fourth-order valence-corrected chi connectivity index (χ4v) is 3.09. The maximum Gasteiger partial charge on any atom is 0.227 e. The Morgan fingerprint density at radius 1 is 0.800 bits per heavy atom. The first-order chi connectivity index (χ1) is 9.48. The summed E-state index contributed by atoms with van der Waals surface area (Å²) in [6.07, 6.45) is 10.8. The summed E-state index contributed by atoms with van der Waals surface area (Å²) in [6, 6.07) is 0. The predicted molar refractivity (Wildman–Crippen MR) is 86.3 cm³/mol. The Kier molecular flexibility index (Phi) is 11.5. The van der Waals surface area contributed by atoms with Crippen LogP contribution >= 0.6 is 23.2 Å². The van der Waals surface area contributed by atoms with Crippen LogP contribution in [0.4, 0.5) is 0 Å². The first-order valence-electron chi connectivity index (χ1n) is 7.86. The van der Waals surface area contributed by atoms with Crippen molar-refractivity contribution in [1.29, 1.82) is 0 Å². The molecule has 4 heteroatoms. The lowest BCUT2D eigenvalue weighted by atomic mass is 9.79. The van der Waals surface area contributed by atoms with E-state index >= 15 is 0 Å². The van der Waals surface area contributed by atoms with Crippen molar-refractivity contribution in [2.75, 3.05) is 0 Å². The molecule has 0 saturated carbocycles. The van der Waals surface area contributed by atoms with Gasteiger partial charge >= 0.3 is 0 Å². The molecule has 0 amide bonds. The van der Waals surface area contributed by atoms with E-state index in [-0.39, 0.29) is 15.9 Å². The van der Waals surface area contributed by atoms with E-state index in [2.05, 4.69) is 0 Å². The van der Waals surface area contributed by atoms with Crippen LogP contribution in [0.5, 0.6) is 0 Å². The van der Waals surface area contributed by atoms with Gasteiger partial charge in [-0.2, -0.15) is 0 Å². The highest BCUT2D eigenvalue weighted by molar-refractivity contribution is 6.64. The van der Waals surface area contributed by atoms with E-state index in [4.69, 9.17) is 23.2 Å². The molecule has 2 nitrogen and oxygen atoms in total. The number of hydrogen-bond donors (Lipinski definition) is 0. The first-order valence-corrected chi connectivity index (χ1v) is 8.62. The monoisotopic (exact) mass is 322 g/mol. The maximum atomic E-state index is 11.5. The van der Waals surface area contributed by atoms with E-state index in [1.807, 2.05) is 13.8 Å². The van der Waals surface area contributed by atoms with Gasteiger partial charge < -0.3 is 0 Å². The summed E-state index contributed by atoms with van der Waals surface area (Å²) in [6.45, 7) is 4.09. The number of carbonyl (C=O) groups excluding carboxylic acids is 2. The molecule has 118 valence electrons. The van der Waals surface area contributed by atoms with E-state index in [0.717, 1.165) is 51.4 Å². The standard InChI is InChI=1S/C16H28Cl2O2/c1-3-16(4-2,15(18)20)13-11-9-7-5-6-8-10-12-14(17)19/h3-13H2,1-2H3. The van der Waals surface area contributed by atoms with Crippen LogP contribution in [0.15, 0.2) is 0 Å². The first kappa shape index (κ1) is 19.9. The Bertz CT molecular complexity index is 286. The van der Waals surface area contributed by atoms with Crippen molar-refractivity contribution in [3.63, 3.8) is 0 Å². The number of carbonyl (C=O) groups is 2. The van der Waals surface area contributed by atoms with Crippen LogP contribution in [0.25, 0.3) is 0 Å². The number of hydrogen-bond acceptors (Lipinski definition) is 2. The van der Waals surface area contributed by atoms with E-state index in [9.17, 15) is 9.59 Å². The molecule has 20 heavy (non-hydrogen) atoms. The van der Waals surface area contributed by atoms with Crippen LogP contribution in [0.3, 0.4) is 0 Å². The molecule has 0 fully saturated rings.